The fraction of sp³-hybridized carbons (Fsp3) is 0.0500. The standard InChI is InChI=1S/C20H14F3N3O2/c21-20(22,23)15-8-4-5-9-16(15)26-18(27)13-10-11-24-17(12-13)19(28)25-14-6-2-1-3-7-14/h1-12H,(H,25,28)(H,26,27). The third-order valence-electron chi connectivity index (χ3n) is 3.77. The number of halogens is 3. The minimum atomic E-state index is -4.61. The molecule has 0 saturated carbocycles. The van der Waals surface area contributed by atoms with Gasteiger partial charge < -0.3 is 10.6 Å². The molecule has 0 atom stereocenters. The summed E-state index contributed by atoms with van der Waals surface area (Å²) in [5.74, 6) is -1.33. The van der Waals surface area contributed by atoms with Crippen molar-refractivity contribution in [1.29, 1.82) is 0 Å². The van der Waals surface area contributed by atoms with Crippen molar-refractivity contribution in [3.8, 4) is 0 Å². The summed E-state index contributed by atoms with van der Waals surface area (Å²) >= 11 is 0. The number of carbonyl (C=O) groups is 2. The lowest BCUT2D eigenvalue weighted by molar-refractivity contribution is -0.136. The number of para-hydroxylation sites is 2. The van der Waals surface area contributed by atoms with Crippen LogP contribution in [0.1, 0.15) is 26.4 Å². The number of rotatable bonds is 4. The number of aromatic nitrogens is 1. The van der Waals surface area contributed by atoms with Crippen LogP contribution in [0.2, 0.25) is 0 Å². The van der Waals surface area contributed by atoms with Gasteiger partial charge in [0, 0.05) is 17.4 Å². The third-order valence-corrected chi connectivity index (χ3v) is 3.77. The fourth-order valence-electron chi connectivity index (χ4n) is 2.45. The van der Waals surface area contributed by atoms with Gasteiger partial charge in [-0.05, 0) is 36.4 Å². The Bertz CT molecular complexity index is 1000. The van der Waals surface area contributed by atoms with E-state index in [1.165, 1.54) is 30.5 Å². The molecule has 5 nitrogen and oxygen atoms in total. The van der Waals surface area contributed by atoms with Crippen molar-refractivity contribution in [2.75, 3.05) is 10.6 Å². The number of benzene rings is 2. The number of nitrogens with one attached hydrogen (secondary N) is 2. The first kappa shape index (κ1) is 19.1. The summed E-state index contributed by atoms with van der Waals surface area (Å²) in [4.78, 5) is 28.6. The summed E-state index contributed by atoms with van der Waals surface area (Å²) in [6, 6.07) is 15.8. The summed E-state index contributed by atoms with van der Waals surface area (Å²) in [5, 5.41) is 4.85. The van der Waals surface area contributed by atoms with E-state index in [1.807, 2.05) is 0 Å². The molecule has 3 rings (SSSR count). The number of hydrogen-bond donors (Lipinski definition) is 2. The molecule has 1 heterocycles. The average molecular weight is 385 g/mol. The predicted molar refractivity (Wildman–Crippen MR) is 98.0 cm³/mol. The summed E-state index contributed by atoms with van der Waals surface area (Å²) < 4.78 is 39.2. The second-order valence-electron chi connectivity index (χ2n) is 5.75. The molecule has 142 valence electrons. The van der Waals surface area contributed by atoms with Crippen LogP contribution in [0.25, 0.3) is 0 Å². The zero-order chi connectivity index (χ0) is 20.1. The van der Waals surface area contributed by atoms with Crippen LogP contribution in [-0.4, -0.2) is 16.8 Å². The van der Waals surface area contributed by atoms with Crippen molar-refractivity contribution in [2.24, 2.45) is 0 Å². The van der Waals surface area contributed by atoms with E-state index >= 15 is 0 Å². The summed E-state index contributed by atoms with van der Waals surface area (Å²) in [6.45, 7) is 0. The largest absolute Gasteiger partial charge is 0.418 e. The Hall–Kier alpha value is -3.68. The zero-order valence-electron chi connectivity index (χ0n) is 14.3. The molecule has 0 fully saturated rings. The molecule has 0 aliphatic rings. The molecule has 0 saturated heterocycles. The van der Waals surface area contributed by atoms with Gasteiger partial charge in [-0.2, -0.15) is 13.2 Å². The van der Waals surface area contributed by atoms with Crippen LogP contribution in [0.5, 0.6) is 0 Å². The highest BCUT2D eigenvalue weighted by Gasteiger charge is 2.33. The fourth-order valence-corrected chi connectivity index (χ4v) is 2.45. The van der Waals surface area contributed by atoms with Gasteiger partial charge in [-0.3, -0.25) is 14.6 Å². The van der Waals surface area contributed by atoms with Gasteiger partial charge in [0.25, 0.3) is 11.8 Å². The van der Waals surface area contributed by atoms with Crippen LogP contribution >= 0.6 is 0 Å². The molecule has 0 radical (unpaired) electrons. The van der Waals surface area contributed by atoms with E-state index in [2.05, 4.69) is 15.6 Å². The number of carbonyl (C=O) groups excluding carboxylic acids is 2. The van der Waals surface area contributed by atoms with Crippen molar-refractivity contribution < 1.29 is 22.8 Å². The second kappa shape index (κ2) is 7.91. The molecular weight excluding hydrogens is 371 g/mol. The Labute approximate surface area is 158 Å². The SMILES string of the molecule is O=C(Nc1ccccc1C(F)(F)F)c1ccnc(C(=O)Nc2ccccc2)c1. The molecule has 0 aliphatic heterocycles. The number of pyridine rings is 1. The first-order valence-electron chi connectivity index (χ1n) is 8.14. The Morgan fingerprint density at radius 3 is 2.21 bits per heavy atom. The van der Waals surface area contributed by atoms with Crippen molar-refractivity contribution in [2.45, 2.75) is 6.18 Å². The Kier molecular flexibility index (Phi) is 5.39. The monoisotopic (exact) mass is 385 g/mol. The highest BCUT2D eigenvalue weighted by Crippen LogP contribution is 2.34. The molecule has 2 N–H and O–H groups in total. The number of amides is 2. The predicted octanol–water partition coefficient (Wildman–Crippen LogP) is 4.61. The minimum absolute atomic E-state index is 0.00480. The molecule has 0 spiro atoms. The van der Waals surface area contributed by atoms with Crippen LogP contribution in [0.3, 0.4) is 0 Å². The summed E-state index contributed by atoms with van der Waals surface area (Å²) in [6.07, 6.45) is -3.37. The Morgan fingerprint density at radius 2 is 1.50 bits per heavy atom. The maximum atomic E-state index is 13.1. The van der Waals surface area contributed by atoms with Gasteiger partial charge in [0.15, 0.2) is 0 Å². The maximum absolute atomic E-state index is 13.1. The first-order chi connectivity index (χ1) is 13.3. The van der Waals surface area contributed by atoms with Crippen molar-refractivity contribution in [3.63, 3.8) is 0 Å². The van der Waals surface area contributed by atoms with Crippen molar-refractivity contribution in [1.82, 2.24) is 4.98 Å². The molecular formula is C20H14F3N3O2. The second-order valence-corrected chi connectivity index (χ2v) is 5.75. The van der Waals surface area contributed by atoms with Crippen molar-refractivity contribution >= 4 is 23.2 Å². The molecule has 8 heteroatoms. The molecule has 0 bridgehead atoms. The van der Waals surface area contributed by atoms with Gasteiger partial charge in [-0.25, -0.2) is 0 Å². The number of anilines is 2. The van der Waals surface area contributed by atoms with Gasteiger partial charge in [0.2, 0.25) is 0 Å². The number of nitrogens with zero attached hydrogens (tertiary/aromatic N) is 1. The topological polar surface area (TPSA) is 71.1 Å². The van der Waals surface area contributed by atoms with Gasteiger partial charge in [-0.15, -0.1) is 0 Å². The molecule has 1 aromatic heterocycles. The lowest BCUT2D eigenvalue weighted by Gasteiger charge is -2.13. The van der Waals surface area contributed by atoms with E-state index in [9.17, 15) is 22.8 Å². The quantitative estimate of drug-likeness (QED) is 0.689. The lowest BCUT2D eigenvalue weighted by Crippen LogP contribution is -2.18. The van der Waals surface area contributed by atoms with E-state index in [0.29, 0.717) is 5.69 Å². The summed E-state index contributed by atoms with van der Waals surface area (Å²) in [7, 11) is 0. The smallest absolute Gasteiger partial charge is 0.321 e. The van der Waals surface area contributed by atoms with E-state index < -0.39 is 23.6 Å². The Morgan fingerprint density at radius 1 is 0.821 bits per heavy atom. The van der Waals surface area contributed by atoms with Crippen LogP contribution < -0.4 is 10.6 Å². The van der Waals surface area contributed by atoms with E-state index in [0.717, 1.165) is 12.1 Å². The van der Waals surface area contributed by atoms with Crippen LogP contribution in [-0.2, 0) is 6.18 Å². The van der Waals surface area contributed by atoms with Gasteiger partial charge in [-0.1, -0.05) is 30.3 Å². The van der Waals surface area contributed by atoms with Gasteiger partial charge in [0.05, 0.1) is 11.3 Å². The van der Waals surface area contributed by atoms with Crippen LogP contribution in [0, 0.1) is 0 Å². The highest BCUT2D eigenvalue weighted by atomic mass is 19.4. The van der Waals surface area contributed by atoms with E-state index in [1.54, 1.807) is 30.3 Å². The lowest BCUT2D eigenvalue weighted by atomic mass is 10.1. The molecule has 0 unspecified atom stereocenters. The first-order valence-corrected chi connectivity index (χ1v) is 8.14. The van der Waals surface area contributed by atoms with E-state index in [4.69, 9.17) is 0 Å². The molecule has 28 heavy (non-hydrogen) atoms. The van der Waals surface area contributed by atoms with Crippen molar-refractivity contribution in [3.05, 3.63) is 89.7 Å². The number of hydrogen-bond acceptors (Lipinski definition) is 3. The third kappa shape index (κ3) is 4.53. The van der Waals surface area contributed by atoms with Crippen LogP contribution in [0.15, 0.2) is 72.9 Å². The Balaban J connectivity index is 1.79. The molecule has 2 aromatic carbocycles. The normalized spacial score (nSPS) is 11.0. The average Bonchev–Trinajstić information content (AvgIpc) is 2.68. The maximum Gasteiger partial charge on any atom is 0.418 e. The van der Waals surface area contributed by atoms with Crippen LogP contribution in [0.4, 0.5) is 24.5 Å². The highest BCUT2D eigenvalue weighted by molar-refractivity contribution is 6.08. The molecule has 3 aromatic rings. The number of alkyl halides is 3. The van der Waals surface area contributed by atoms with E-state index in [-0.39, 0.29) is 16.9 Å². The molecule has 2 amide bonds. The minimum Gasteiger partial charge on any atom is -0.321 e. The van der Waals surface area contributed by atoms with Gasteiger partial charge >= 0.3 is 6.18 Å². The molecule has 0 aliphatic carbocycles. The zero-order valence-corrected chi connectivity index (χ0v) is 14.3. The summed E-state index contributed by atoms with van der Waals surface area (Å²) in [5.41, 5.74) is -0.819. The van der Waals surface area contributed by atoms with Gasteiger partial charge in [0.1, 0.15) is 5.69 Å².